The predicted molar refractivity (Wildman–Crippen MR) is 207 cm³/mol. The van der Waals surface area contributed by atoms with E-state index in [1.807, 2.05) is 41.5 Å². The van der Waals surface area contributed by atoms with Crippen LogP contribution in [0, 0.1) is 29.6 Å². The molecular weight excluding hydrogens is 732 g/mol. The number of hydrogen-bond donors (Lipinski definition) is 7. The predicted octanol–water partition coefficient (Wildman–Crippen LogP) is -1.04. The maximum Gasteiger partial charge on any atom is 0.332 e. The van der Waals surface area contributed by atoms with Crippen molar-refractivity contribution in [1.82, 2.24) is 0 Å². The SMILES string of the molecule is CC1COC(C(=O)O)C[C@H]1O.CC1C[C@@H](C)C(C)CO1.CC1C[C@@H](O)C(C)CO1.CC1C[C@@H](O)C(O)CO1.CO.CO[C@@H]1C(C)OCC(C)[C@@H]1O.O.O.O.O. The van der Waals surface area contributed by atoms with Gasteiger partial charge in [0.15, 0.2) is 6.10 Å². The second kappa shape index (κ2) is 33.8. The number of carboxylic acid groups (broad SMARTS) is 1. The summed E-state index contributed by atoms with van der Waals surface area (Å²) in [6.07, 6.45) is 0.291. The molecule has 5 rings (SSSR count). The van der Waals surface area contributed by atoms with Crippen molar-refractivity contribution in [2.45, 2.75) is 155 Å². The Kier molecular flexibility index (Phi) is 38.7. The second-order valence-electron chi connectivity index (χ2n) is 14.9. The Morgan fingerprint density at radius 1 is 0.491 bits per heavy atom. The van der Waals surface area contributed by atoms with Crippen LogP contribution in [-0.2, 0) is 33.2 Å². The number of aliphatic hydroxyl groups is 6. The molecule has 18 heteroatoms. The number of methoxy groups -OCH3 is 1. The lowest BCUT2D eigenvalue weighted by molar-refractivity contribution is -0.165. The summed E-state index contributed by atoms with van der Waals surface area (Å²) in [7, 11) is 2.60. The van der Waals surface area contributed by atoms with Crippen LogP contribution in [0.2, 0.25) is 0 Å². The van der Waals surface area contributed by atoms with E-state index in [1.165, 1.54) is 6.42 Å². The summed E-state index contributed by atoms with van der Waals surface area (Å²) in [5.74, 6) is 1.17. The molecule has 0 saturated carbocycles. The summed E-state index contributed by atoms with van der Waals surface area (Å²) in [6.45, 7) is 21.2. The molecule has 0 aromatic rings. The van der Waals surface area contributed by atoms with Gasteiger partial charge < -0.3 is 86.1 Å². The standard InChI is InChI=1S/C8H16O3.C8H16O.C7H12O4.C7H14O2.C6H12O3.CH4O.4H2O/c1-5-4-11-6(2)8(10-3)7(5)9;1-6-4-8(3)9-5-7(6)2;1-4-3-11-6(7(9)10)2-5(4)8;1-5-4-9-6(2)3-7(5)8;1-4-2-5(7)6(8)3-9-4;1-2;;;;/h5-9H,4H2,1-3H3;6-8H,4-5H2,1-3H3;4-6,8H,2-3H2,1H3,(H,9,10);5-8H,3-4H2,1-2H3;4-8H,2-3H2,1H3;2H,1H3;4*1H2/t5?,6?,7-,8+;6-,7?,8?;4?,5-,6?;5?,6?,7-;4?,5-,6?;;;;;/m01111...../s1. The number of ether oxygens (including phenoxy) is 6. The molecule has 5 aliphatic heterocycles. The lowest BCUT2D eigenvalue weighted by atomic mass is 9.89. The normalized spacial score (nSPS) is 39.1. The van der Waals surface area contributed by atoms with Crippen LogP contribution >= 0.6 is 0 Å². The van der Waals surface area contributed by atoms with Crippen molar-refractivity contribution in [1.29, 1.82) is 0 Å². The zero-order chi connectivity index (χ0) is 39.4. The van der Waals surface area contributed by atoms with E-state index >= 15 is 0 Å². The van der Waals surface area contributed by atoms with E-state index in [9.17, 15) is 20.1 Å². The Labute approximate surface area is 328 Å². The molecule has 55 heavy (non-hydrogen) atoms. The molecule has 5 saturated heterocycles. The van der Waals surface area contributed by atoms with Gasteiger partial charge in [-0.15, -0.1) is 0 Å². The largest absolute Gasteiger partial charge is 0.479 e. The van der Waals surface area contributed by atoms with Gasteiger partial charge in [-0.3, -0.25) is 0 Å². The first-order valence-electron chi connectivity index (χ1n) is 18.6. The molecule has 5 fully saturated rings. The summed E-state index contributed by atoms with van der Waals surface area (Å²) in [5.41, 5.74) is 0. The van der Waals surface area contributed by atoms with Gasteiger partial charge in [-0.1, -0.05) is 34.6 Å². The number of hydrogen-bond acceptors (Lipinski definition) is 13. The minimum atomic E-state index is -0.990. The zero-order valence-electron chi connectivity index (χ0n) is 35.1. The first-order chi connectivity index (χ1) is 23.9. The highest BCUT2D eigenvalue weighted by molar-refractivity contribution is 5.72. The van der Waals surface area contributed by atoms with Gasteiger partial charge in [-0.2, -0.15) is 0 Å². The smallest absolute Gasteiger partial charge is 0.332 e. The van der Waals surface area contributed by atoms with E-state index in [0.29, 0.717) is 38.3 Å². The third-order valence-electron chi connectivity index (χ3n) is 9.99. The number of carbonyl (C=O) groups is 1. The molecule has 0 aliphatic carbocycles. The molecule has 0 aromatic carbocycles. The number of aliphatic hydroxyl groups excluding tert-OH is 6. The van der Waals surface area contributed by atoms with E-state index in [0.717, 1.165) is 32.0 Å². The summed E-state index contributed by atoms with van der Waals surface area (Å²) >= 11 is 0. The van der Waals surface area contributed by atoms with Gasteiger partial charge in [-0.05, 0) is 52.4 Å². The second-order valence-corrected chi connectivity index (χ2v) is 14.9. The van der Waals surface area contributed by atoms with E-state index in [4.69, 9.17) is 48.8 Å². The number of carboxylic acids is 1. The maximum atomic E-state index is 10.4. The van der Waals surface area contributed by atoms with E-state index < -0.39 is 30.4 Å². The van der Waals surface area contributed by atoms with Crippen LogP contribution in [0.25, 0.3) is 0 Å². The maximum absolute atomic E-state index is 10.4. The van der Waals surface area contributed by atoms with Crippen LogP contribution in [0.15, 0.2) is 0 Å². The van der Waals surface area contributed by atoms with Gasteiger partial charge in [0.2, 0.25) is 0 Å². The van der Waals surface area contributed by atoms with Gasteiger partial charge in [0.25, 0.3) is 0 Å². The van der Waals surface area contributed by atoms with E-state index in [1.54, 1.807) is 7.11 Å². The molecule has 10 unspecified atom stereocenters. The molecule has 0 spiro atoms. The third kappa shape index (κ3) is 25.0. The highest BCUT2D eigenvalue weighted by Crippen LogP contribution is 2.24. The summed E-state index contributed by atoms with van der Waals surface area (Å²) in [4.78, 5) is 10.4. The Bertz CT molecular complexity index is 832. The lowest BCUT2D eigenvalue weighted by Crippen LogP contribution is -2.48. The third-order valence-corrected chi connectivity index (χ3v) is 9.99. The zero-order valence-corrected chi connectivity index (χ0v) is 35.1. The molecular formula is C37H82O18. The summed E-state index contributed by atoms with van der Waals surface area (Å²) < 4.78 is 31.3. The van der Waals surface area contributed by atoms with Crippen molar-refractivity contribution in [3.8, 4) is 0 Å². The van der Waals surface area contributed by atoms with Crippen LogP contribution in [0.1, 0.15) is 88.0 Å². The lowest BCUT2D eigenvalue weighted by Gasteiger charge is -2.36. The van der Waals surface area contributed by atoms with Gasteiger partial charge in [-0.25, -0.2) is 4.79 Å². The van der Waals surface area contributed by atoms with Crippen molar-refractivity contribution in [3.63, 3.8) is 0 Å². The molecule has 15 N–H and O–H groups in total. The van der Waals surface area contributed by atoms with Crippen LogP contribution < -0.4 is 0 Å². The van der Waals surface area contributed by atoms with Crippen molar-refractivity contribution in [3.05, 3.63) is 0 Å². The average molecular weight is 815 g/mol. The minimum Gasteiger partial charge on any atom is -0.479 e. The van der Waals surface area contributed by atoms with Gasteiger partial charge in [0.1, 0.15) is 12.2 Å². The van der Waals surface area contributed by atoms with Crippen molar-refractivity contribution in [2.75, 3.05) is 47.3 Å². The van der Waals surface area contributed by atoms with E-state index in [-0.39, 0.29) is 83.4 Å². The van der Waals surface area contributed by atoms with E-state index in [2.05, 4.69) is 20.8 Å². The van der Waals surface area contributed by atoms with Crippen LogP contribution in [0.5, 0.6) is 0 Å². The van der Waals surface area contributed by atoms with Crippen LogP contribution in [0.3, 0.4) is 0 Å². The molecule has 5 heterocycles. The van der Waals surface area contributed by atoms with Crippen LogP contribution in [0.4, 0.5) is 0 Å². The Morgan fingerprint density at radius 2 is 0.891 bits per heavy atom. The molecule has 0 amide bonds. The number of aliphatic carboxylic acids is 1. The molecule has 0 radical (unpaired) electrons. The fourth-order valence-corrected chi connectivity index (χ4v) is 5.81. The molecule has 0 aromatic heterocycles. The Hall–Kier alpha value is -1.17. The molecule has 338 valence electrons. The highest BCUT2D eigenvalue weighted by Gasteiger charge is 2.35. The first-order valence-corrected chi connectivity index (χ1v) is 18.6. The van der Waals surface area contributed by atoms with Crippen molar-refractivity contribution >= 4 is 5.97 Å². The Balaban J connectivity index is -0.000000184. The van der Waals surface area contributed by atoms with Gasteiger partial charge >= 0.3 is 5.97 Å². The average Bonchev–Trinajstić information content (AvgIpc) is 3.08. The quantitative estimate of drug-likeness (QED) is 0.175. The minimum absolute atomic E-state index is 0. The number of rotatable bonds is 2. The van der Waals surface area contributed by atoms with Gasteiger partial charge in [0.05, 0.1) is 75.3 Å². The molecule has 5 aliphatic rings. The van der Waals surface area contributed by atoms with Crippen LogP contribution in [-0.4, -0.2) is 178 Å². The molecule has 18 nitrogen and oxygen atoms in total. The van der Waals surface area contributed by atoms with Gasteiger partial charge in [0, 0.05) is 51.4 Å². The topological polar surface area (TPSA) is 340 Å². The monoisotopic (exact) mass is 815 g/mol. The summed E-state index contributed by atoms with van der Waals surface area (Å²) in [5, 5.41) is 61.6. The summed E-state index contributed by atoms with van der Waals surface area (Å²) in [6, 6.07) is 0. The van der Waals surface area contributed by atoms with Crippen molar-refractivity contribution in [2.24, 2.45) is 29.6 Å². The fraction of sp³-hybridized carbons (Fsp3) is 0.973. The molecule has 16 atom stereocenters. The Morgan fingerprint density at radius 3 is 1.24 bits per heavy atom. The fourth-order valence-electron chi connectivity index (χ4n) is 5.81. The first kappa shape index (κ1) is 63.0. The highest BCUT2D eigenvalue weighted by atomic mass is 16.6. The van der Waals surface area contributed by atoms with Crippen molar-refractivity contribution < 1.29 is 90.9 Å². The molecule has 0 bridgehead atoms.